The first-order valence-corrected chi connectivity index (χ1v) is 5.62. The van der Waals surface area contributed by atoms with Crippen LogP contribution in [-0.4, -0.2) is 5.11 Å². The van der Waals surface area contributed by atoms with Crippen LogP contribution in [0.3, 0.4) is 0 Å². The van der Waals surface area contributed by atoms with E-state index < -0.39 is 0 Å². The predicted molar refractivity (Wildman–Crippen MR) is 69.6 cm³/mol. The zero-order valence-corrected chi connectivity index (χ0v) is 10.1. The molecular weight excluding hydrogens is 196 g/mol. The fraction of sp³-hybridized carbons (Fsp3) is 0.200. The molecule has 0 bridgehead atoms. The minimum atomic E-state index is 0.306. The minimum Gasteiger partial charge on any atom is -0.508 e. The lowest BCUT2D eigenvalue weighted by Gasteiger charge is -2.01. The zero-order chi connectivity index (χ0) is 12.0. The van der Waals surface area contributed by atoms with E-state index in [2.05, 4.69) is 31.2 Å². The first kappa shape index (κ1) is 12.3. The van der Waals surface area contributed by atoms with Gasteiger partial charge in [-0.05, 0) is 30.2 Å². The van der Waals surface area contributed by atoms with E-state index in [9.17, 15) is 0 Å². The van der Waals surface area contributed by atoms with Crippen LogP contribution in [0.15, 0.2) is 48.5 Å². The van der Waals surface area contributed by atoms with Crippen LogP contribution in [0.5, 0.6) is 5.75 Å². The van der Waals surface area contributed by atoms with Gasteiger partial charge in [0.25, 0.3) is 0 Å². The van der Waals surface area contributed by atoms with Gasteiger partial charge in [0, 0.05) is 0 Å². The predicted octanol–water partition coefficient (Wildman–Crippen LogP) is 4.39. The molecule has 0 unspecified atom stereocenters. The van der Waals surface area contributed by atoms with Gasteiger partial charge in [-0.25, -0.2) is 0 Å². The third-order valence-electron chi connectivity index (χ3n) is 2.25. The number of hydrogen-bond donors (Lipinski definition) is 1. The van der Waals surface area contributed by atoms with Crippen LogP contribution >= 0.6 is 0 Å². The van der Waals surface area contributed by atoms with Gasteiger partial charge in [-0.15, -0.1) is 0 Å². The van der Waals surface area contributed by atoms with Gasteiger partial charge < -0.3 is 5.11 Å². The molecule has 84 valence electrons. The number of aryl methyl sites for hydroxylation is 1. The summed E-state index contributed by atoms with van der Waals surface area (Å²) < 4.78 is 0. The van der Waals surface area contributed by atoms with E-state index in [4.69, 9.17) is 5.11 Å². The van der Waals surface area contributed by atoms with Crippen LogP contribution in [0.25, 0.3) is 11.1 Å². The first-order chi connectivity index (χ1) is 7.75. The molecule has 0 aliphatic rings. The molecule has 0 atom stereocenters. The monoisotopic (exact) mass is 214 g/mol. The standard InChI is InChI=1S/C13H12O.C2H6/c1-10-2-4-11(5-3-10)12-6-8-13(14)9-7-12;1-2/h2-9,14H,1H3;1-2H3. The zero-order valence-electron chi connectivity index (χ0n) is 10.1. The highest BCUT2D eigenvalue weighted by molar-refractivity contribution is 5.64. The Labute approximate surface area is 97.4 Å². The molecule has 0 aliphatic heterocycles. The van der Waals surface area contributed by atoms with Crippen molar-refractivity contribution in [3.63, 3.8) is 0 Å². The van der Waals surface area contributed by atoms with Gasteiger partial charge >= 0.3 is 0 Å². The summed E-state index contributed by atoms with van der Waals surface area (Å²) in [6.45, 7) is 6.07. The van der Waals surface area contributed by atoms with E-state index >= 15 is 0 Å². The summed E-state index contributed by atoms with van der Waals surface area (Å²) in [6.07, 6.45) is 0. The topological polar surface area (TPSA) is 20.2 Å². The summed E-state index contributed by atoms with van der Waals surface area (Å²) in [5.74, 6) is 0.306. The summed E-state index contributed by atoms with van der Waals surface area (Å²) in [4.78, 5) is 0. The highest BCUT2D eigenvalue weighted by Gasteiger charge is 1.96. The number of phenols is 1. The molecule has 0 amide bonds. The Morgan fingerprint density at radius 3 is 1.50 bits per heavy atom. The number of rotatable bonds is 1. The van der Waals surface area contributed by atoms with Gasteiger partial charge in [0.05, 0.1) is 0 Å². The molecule has 16 heavy (non-hydrogen) atoms. The molecular formula is C15H18O. The van der Waals surface area contributed by atoms with Crippen LogP contribution in [0, 0.1) is 6.92 Å². The van der Waals surface area contributed by atoms with Gasteiger partial charge in [0.2, 0.25) is 0 Å². The largest absolute Gasteiger partial charge is 0.508 e. The molecule has 0 aromatic heterocycles. The highest BCUT2D eigenvalue weighted by atomic mass is 16.3. The Kier molecular flexibility index (Phi) is 4.59. The van der Waals surface area contributed by atoms with Crippen molar-refractivity contribution in [1.82, 2.24) is 0 Å². The van der Waals surface area contributed by atoms with Crippen LogP contribution < -0.4 is 0 Å². The molecule has 0 fully saturated rings. The second-order valence-electron chi connectivity index (χ2n) is 3.41. The van der Waals surface area contributed by atoms with E-state index in [1.807, 2.05) is 26.0 Å². The summed E-state index contributed by atoms with van der Waals surface area (Å²) in [5, 5.41) is 9.15. The minimum absolute atomic E-state index is 0.306. The number of aromatic hydroxyl groups is 1. The maximum atomic E-state index is 9.15. The summed E-state index contributed by atoms with van der Waals surface area (Å²) in [7, 11) is 0. The molecule has 0 saturated carbocycles. The molecule has 0 saturated heterocycles. The van der Waals surface area contributed by atoms with Crippen molar-refractivity contribution in [2.75, 3.05) is 0 Å². The Bertz CT molecular complexity index is 369. The van der Waals surface area contributed by atoms with Gasteiger partial charge in [-0.2, -0.15) is 0 Å². The molecule has 0 spiro atoms. The lowest BCUT2D eigenvalue weighted by molar-refractivity contribution is 0.475. The first-order valence-electron chi connectivity index (χ1n) is 5.62. The second-order valence-corrected chi connectivity index (χ2v) is 3.41. The van der Waals surface area contributed by atoms with E-state index in [0.717, 1.165) is 5.56 Å². The average molecular weight is 214 g/mol. The quantitative estimate of drug-likeness (QED) is 0.746. The van der Waals surface area contributed by atoms with E-state index in [-0.39, 0.29) is 0 Å². The Hall–Kier alpha value is -1.76. The Morgan fingerprint density at radius 2 is 1.06 bits per heavy atom. The SMILES string of the molecule is CC.Cc1ccc(-c2ccc(O)cc2)cc1. The van der Waals surface area contributed by atoms with Crippen molar-refractivity contribution in [3.05, 3.63) is 54.1 Å². The molecule has 2 aromatic rings. The maximum Gasteiger partial charge on any atom is 0.115 e. The Morgan fingerprint density at radius 1 is 0.688 bits per heavy atom. The van der Waals surface area contributed by atoms with Crippen molar-refractivity contribution in [2.24, 2.45) is 0 Å². The van der Waals surface area contributed by atoms with Crippen LogP contribution in [0.2, 0.25) is 0 Å². The Balaban J connectivity index is 0.000000606. The van der Waals surface area contributed by atoms with Gasteiger partial charge in [-0.3, -0.25) is 0 Å². The van der Waals surface area contributed by atoms with Gasteiger partial charge in [0.15, 0.2) is 0 Å². The fourth-order valence-corrected chi connectivity index (χ4v) is 1.40. The molecule has 2 aromatic carbocycles. The molecule has 2 rings (SSSR count). The molecule has 1 nitrogen and oxygen atoms in total. The highest BCUT2D eigenvalue weighted by Crippen LogP contribution is 2.21. The van der Waals surface area contributed by atoms with Crippen molar-refractivity contribution in [2.45, 2.75) is 20.8 Å². The lowest BCUT2D eigenvalue weighted by Crippen LogP contribution is -1.77. The molecule has 1 N–H and O–H groups in total. The summed E-state index contributed by atoms with van der Waals surface area (Å²) in [5.41, 5.74) is 3.56. The van der Waals surface area contributed by atoms with E-state index in [1.165, 1.54) is 11.1 Å². The number of hydrogen-bond acceptors (Lipinski definition) is 1. The summed E-state index contributed by atoms with van der Waals surface area (Å²) in [6, 6.07) is 15.6. The van der Waals surface area contributed by atoms with E-state index in [0.29, 0.717) is 5.75 Å². The van der Waals surface area contributed by atoms with Crippen LogP contribution in [0.4, 0.5) is 0 Å². The average Bonchev–Trinajstić information content (AvgIpc) is 2.34. The normalized spacial score (nSPS) is 9.19. The van der Waals surface area contributed by atoms with Crippen molar-refractivity contribution in [3.8, 4) is 16.9 Å². The van der Waals surface area contributed by atoms with Crippen molar-refractivity contribution >= 4 is 0 Å². The van der Waals surface area contributed by atoms with Gasteiger partial charge in [0.1, 0.15) is 5.75 Å². The van der Waals surface area contributed by atoms with Crippen LogP contribution in [0.1, 0.15) is 19.4 Å². The molecule has 0 aliphatic carbocycles. The molecule has 1 heteroatoms. The second kappa shape index (κ2) is 5.96. The molecule has 0 radical (unpaired) electrons. The summed E-state index contributed by atoms with van der Waals surface area (Å²) >= 11 is 0. The maximum absolute atomic E-state index is 9.15. The number of phenolic OH excluding ortho intramolecular Hbond substituents is 1. The van der Waals surface area contributed by atoms with E-state index in [1.54, 1.807) is 12.1 Å². The molecule has 0 heterocycles. The van der Waals surface area contributed by atoms with Crippen LogP contribution in [-0.2, 0) is 0 Å². The third kappa shape index (κ3) is 3.13. The number of benzene rings is 2. The van der Waals surface area contributed by atoms with Crippen molar-refractivity contribution < 1.29 is 5.11 Å². The fourth-order valence-electron chi connectivity index (χ4n) is 1.40. The van der Waals surface area contributed by atoms with Crippen molar-refractivity contribution in [1.29, 1.82) is 0 Å². The smallest absolute Gasteiger partial charge is 0.115 e. The lowest BCUT2D eigenvalue weighted by atomic mass is 10.0. The third-order valence-corrected chi connectivity index (χ3v) is 2.25. The van der Waals surface area contributed by atoms with Gasteiger partial charge in [-0.1, -0.05) is 55.8 Å².